The second-order valence-corrected chi connectivity index (χ2v) is 8.98. The molecule has 5 nitrogen and oxygen atoms in total. The molecule has 1 aromatic rings. The molecule has 0 aliphatic heterocycles. The molecule has 1 aromatic carbocycles. The second kappa shape index (κ2) is 13.9. The minimum absolute atomic E-state index is 0.234. The summed E-state index contributed by atoms with van der Waals surface area (Å²) in [5.74, 6) is 1.12. The van der Waals surface area contributed by atoms with Crippen molar-refractivity contribution < 1.29 is 14.3 Å². The molecule has 0 radical (unpaired) electrons. The molecule has 1 fully saturated rings. The highest BCUT2D eigenvalue weighted by Crippen LogP contribution is 2.28. The molecular formula is C24H39ClN2O3. The number of nitrogens with zero attached hydrogens (tertiary/aromatic N) is 2. The molecule has 6 heteroatoms. The zero-order valence-corrected chi connectivity index (χ0v) is 19.7. The Morgan fingerprint density at radius 1 is 1.03 bits per heavy atom. The average molecular weight is 439 g/mol. The molecule has 1 saturated carbocycles. The Kier molecular flexibility index (Phi) is 11.6. The van der Waals surface area contributed by atoms with Crippen LogP contribution in [0.3, 0.4) is 0 Å². The lowest BCUT2D eigenvalue weighted by molar-refractivity contribution is 0.0641. The van der Waals surface area contributed by atoms with Gasteiger partial charge in [-0.15, -0.1) is 0 Å². The maximum absolute atomic E-state index is 12.4. The fourth-order valence-electron chi connectivity index (χ4n) is 3.95. The van der Waals surface area contributed by atoms with Crippen molar-refractivity contribution in [1.82, 2.24) is 9.80 Å². The Bertz CT molecular complexity index is 603. The van der Waals surface area contributed by atoms with Gasteiger partial charge >= 0.3 is 6.09 Å². The van der Waals surface area contributed by atoms with Gasteiger partial charge in [-0.25, -0.2) is 4.79 Å². The van der Waals surface area contributed by atoms with E-state index >= 15 is 0 Å². The molecule has 0 N–H and O–H groups in total. The Labute approximate surface area is 187 Å². The standard InChI is InChI=1S/C24H39ClN2O3/c1-4-5-6-16-26(2)17-7-18-29-19-20-8-12-22(13-9-20)27(3)24(28)30-23-14-10-21(25)11-15-23/h10-11,14-15,20,22H,4-9,12-13,16-19H2,1-3H3. The number of ether oxygens (including phenoxy) is 2. The van der Waals surface area contributed by atoms with Crippen molar-refractivity contribution in [3.63, 3.8) is 0 Å². The maximum Gasteiger partial charge on any atom is 0.415 e. The molecular weight excluding hydrogens is 400 g/mol. The summed E-state index contributed by atoms with van der Waals surface area (Å²) in [6.07, 6.45) is 8.87. The molecule has 170 valence electrons. The zero-order chi connectivity index (χ0) is 21.8. The molecule has 1 amide bonds. The summed E-state index contributed by atoms with van der Waals surface area (Å²) in [7, 11) is 4.03. The van der Waals surface area contributed by atoms with Gasteiger partial charge in [0, 0.05) is 37.9 Å². The molecule has 0 bridgehead atoms. The lowest BCUT2D eigenvalue weighted by Gasteiger charge is -2.34. The lowest BCUT2D eigenvalue weighted by Crippen LogP contribution is -2.41. The molecule has 2 rings (SSSR count). The van der Waals surface area contributed by atoms with Gasteiger partial charge < -0.3 is 19.3 Å². The van der Waals surface area contributed by atoms with Gasteiger partial charge in [-0.1, -0.05) is 31.4 Å². The topological polar surface area (TPSA) is 42.0 Å². The molecule has 0 atom stereocenters. The molecule has 0 heterocycles. The van der Waals surface area contributed by atoms with E-state index in [9.17, 15) is 4.79 Å². The van der Waals surface area contributed by atoms with E-state index in [2.05, 4.69) is 18.9 Å². The normalized spacial score (nSPS) is 19.1. The summed E-state index contributed by atoms with van der Waals surface area (Å²) < 4.78 is 11.4. The fourth-order valence-corrected chi connectivity index (χ4v) is 4.08. The number of benzene rings is 1. The van der Waals surface area contributed by atoms with Crippen molar-refractivity contribution in [3.8, 4) is 5.75 Å². The van der Waals surface area contributed by atoms with E-state index in [4.69, 9.17) is 21.1 Å². The van der Waals surface area contributed by atoms with Crippen LogP contribution in [0.15, 0.2) is 24.3 Å². The van der Waals surface area contributed by atoms with Crippen LogP contribution in [0.5, 0.6) is 5.75 Å². The largest absolute Gasteiger partial charge is 0.415 e. The van der Waals surface area contributed by atoms with Crippen molar-refractivity contribution in [2.75, 3.05) is 40.4 Å². The van der Waals surface area contributed by atoms with Crippen LogP contribution in [0.25, 0.3) is 0 Å². The molecule has 0 saturated heterocycles. The van der Waals surface area contributed by atoms with Gasteiger partial charge in [0.05, 0.1) is 0 Å². The summed E-state index contributed by atoms with van der Waals surface area (Å²) in [6, 6.07) is 7.11. The van der Waals surface area contributed by atoms with Crippen LogP contribution in [0.1, 0.15) is 58.3 Å². The van der Waals surface area contributed by atoms with Crippen molar-refractivity contribution >= 4 is 17.7 Å². The number of unbranched alkanes of at least 4 members (excludes halogenated alkanes) is 2. The van der Waals surface area contributed by atoms with Crippen LogP contribution >= 0.6 is 11.6 Å². The van der Waals surface area contributed by atoms with Gasteiger partial charge in [0.15, 0.2) is 0 Å². The van der Waals surface area contributed by atoms with Gasteiger partial charge in [0.1, 0.15) is 5.75 Å². The third-order valence-electron chi connectivity index (χ3n) is 6.00. The first-order chi connectivity index (χ1) is 14.5. The number of carbonyl (C=O) groups is 1. The molecule has 1 aliphatic rings. The summed E-state index contributed by atoms with van der Waals surface area (Å²) in [5.41, 5.74) is 0. The second-order valence-electron chi connectivity index (χ2n) is 8.55. The van der Waals surface area contributed by atoms with Crippen LogP contribution in [0.4, 0.5) is 4.79 Å². The third kappa shape index (κ3) is 9.23. The van der Waals surface area contributed by atoms with Crippen molar-refractivity contribution in [3.05, 3.63) is 29.3 Å². The number of carbonyl (C=O) groups excluding carboxylic acids is 1. The predicted octanol–water partition coefficient (Wildman–Crippen LogP) is 5.86. The van der Waals surface area contributed by atoms with Crippen LogP contribution < -0.4 is 4.74 Å². The number of rotatable bonds is 12. The minimum atomic E-state index is -0.305. The Morgan fingerprint density at radius 3 is 2.37 bits per heavy atom. The zero-order valence-electron chi connectivity index (χ0n) is 18.9. The summed E-state index contributed by atoms with van der Waals surface area (Å²) in [6.45, 7) is 6.21. The number of hydrogen-bond acceptors (Lipinski definition) is 4. The fraction of sp³-hybridized carbons (Fsp3) is 0.708. The van der Waals surface area contributed by atoms with Crippen molar-refractivity contribution in [2.24, 2.45) is 5.92 Å². The first-order valence-electron chi connectivity index (χ1n) is 11.5. The average Bonchev–Trinajstić information content (AvgIpc) is 2.75. The van der Waals surface area contributed by atoms with E-state index < -0.39 is 0 Å². The smallest absolute Gasteiger partial charge is 0.410 e. The highest BCUT2D eigenvalue weighted by atomic mass is 35.5. The summed E-state index contributed by atoms with van der Waals surface area (Å²) in [4.78, 5) is 16.5. The van der Waals surface area contributed by atoms with E-state index in [1.54, 1.807) is 29.2 Å². The number of amides is 1. The van der Waals surface area contributed by atoms with Crippen LogP contribution in [-0.2, 0) is 4.74 Å². The summed E-state index contributed by atoms with van der Waals surface area (Å²) >= 11 is 5.87. The molecule has 1 aliphatic carbocycles. The van der Waals surface area contributed by atoms with Gasteiger partial charge in [-0.3, -0.25) is 0 Å². The third-order valence-corrected chi connectivity index (χ3v) is 6.25. The molecule has 0 spiro atoms. The predicted molar refractivity (Wildman–Crippen MR) is 123 cm³/mol. The van der Waals surface area contributed by atoms with Crippen LogP contribution in [-0.4, -0.2) is 62.3 Å². The highest BCUT2D eigenvalue weighted by molar-refractivity contribution is 6.30. The van der Waals surface area contributed by atoms with Gasteiger partial charge in [0.25, 0.3) is 0 Å². The number of hydrogen-bond donors (Lipinski definition) is 0. The van der Waals surface area contributed by atoms with E-state index in [0.29, 0.717) is 16.7 Å². The highest BCUT2D eigenvalue weighted by Gasteiger charge is 2.27. The van der Waals surface area contributed by atoms with E-state index in [-0.39, 0.29) is 12.1 Å². The quantitative estimate of drug-likeness (QED) is 0.383. The Morgan fingerprint density at radius 2 is 1.70 bits per heavy atom. The van der Waals surface area contributed by atoms with E-state index in [0.717, 1.165) is 51.9 Å². The van der Waals surface area contributed by atoms with E-state index in [1.807, 2.05) is 7.05 Å². The number of halogens is 1. The van der Waals surface area contributed by atoms with Crippen LogP contribution in [0, 0.1) is 5.92 Å². The first-order valence-corrected chi connectivity index (χ1v) is 11.8. The van der Waals surface area contributed by atoms with E-state index in [1.165, 1.54) is 25.8 Å². The minimum Gasteiger partial charge on any atom is -0.410 e. The van der Waals surface area contributed by atoms with Gasteiger partial charge in [-0.2, -0.15) is 0 Å². The van der Waals surface area contributed by atoms with Gasteiger partial charge in [-0.05, 0) is 82.3 Å². The van der Waals surface area contributed by atoms with Crippen molar-refractivity contribution in [1.29, 1.82) is 0 Å². The van der Waals surface area contributed by atoms with Crippen LogP contribution in [0.2, 0.25) is 5.02 Å². The Hall–Kier alpha value is -1.30. The monoisotopic (exact) mass is 438 g/mol. The summed E-state index contributed by atoms with van der Waals surface area (Å²) in [5, 5.41) is 0.627. The first kappa shape index (κ1) is 25.0. The maximum atomic E-state index is 12.4. The molecule has 30 heavy (non-hydrogen) atoms. The van der Waals surface area contributed by atoms with Gasteiger partial charge in [0.2, 0.25) is 0 Å². The van der Waals surface area contributed by atoms with Crippen molar-refractivity contribution in [2.45, 2.75) is 64.3 Å². The molecule has 0 aromatic heterocycles. The lowest BCUT2D eigenvalue weighted by atomic mass is 9.86. The Balaban J connectivity index is 1.57. The molecule has 0 unspecified atom stereocenters. The SMILES string of the molecule is CCCCCN(C)CCCOCC1CCC(N(C)C(=O)Oc2ccc(Cl)cc2)CC1.